The Balaban J connectivity index is 2.23. The summed E-state index contributed by atoms with van der Waals surface area (Å²) in [6.07, 6.45) is 1.48. The third-order valence-corrected chi connectivity index (χ3v) is 3.94. The summed E-state index contributed by atoms with van der Waals surface area (Å²) in [4.78, 5) is 10.7. The minimum Gasteiger partial charge on any atom is -0.490 e. The van der Waals surface area contributed by atoms with E-state index >= 15 is 0 Å². The molecule has 0 aliphatic heterocycles. The van der Waals surface area contributed by atoms with Gasteiger partial charge in [0, 0.05) is 0 Å². The van der Waals surface area contributed by atoms with E-state index in [1.54, 1.807) is 6.07 Å². The molecule has 0 saturated heterocycles. The molecule has 0 heterocycles. The van der Waals surface area contributed by atoms with E-state index in [1.807, 2.05) is 44.2 Å². The van der Waals surface area contributed by atoms with Crippen LogP contribution in [-0.4, -0.2) is 18.9 Å². The van der Waals surface area contributed by atoms with Gasteiger partial charge in [-0.05, 0) is 58.6 Å². The van der Waals surface area contributed by atoms with Crippen molar-refractivity contribution in [3.63, 3.8) is 0 Å². The number of nitrogens with zero attached hydrogens (tertiary/aromatic N) is 1. The number of halogens is 1. The first-order valence-corrected chi connectivity index (χ1v) is 8.52. The molecule has 2 rings (SSSR count). The third kappa shape index (κ3) is 5.49. The summed E-state index contributed by atoms with van der Waals surface area (Å²) in [7, 11) is 0. The monoisotopic (exact) mass is 405 g/mol. The van der Waals surface area contributed by atoms with Gasteiger partial charge >= 0.3 is 6.03 Å². The number of hydrazone groups is 1. The molecule has 0 atom stereocenters. The number of hydrogen-bond acceptors (Lipinski definition) is 4. The van der Waals surface area contributed by atoms with Crippen molar-refractivity contribution in [2.75, 3.05) is 6.61 Å². The van der Waals surface area contributed by atoms with Gasteiger partial charge in [-0.25, -0.2) is 10.2 Å². The smallest absolute Gasteiger partial charge is 0.332 e. The molecule has 2 aromatic rings. The lowest BCUT2D eigenvalue weighted by Gasteiger charge is -2.15. The molecule has 0 unspecified atom stereocenters. The molecule has 2 aromatic carbocycles. The number of amides is 2. The van der Waals surface area contributed by atoms with Crippen molar-refractivity contribution in [2.45, 2.75) is 20.5 Å². The molecule has 2 amide bonds. The van der Waals surface area contributed by atoms with Gasteiger partial charge in [-0.2, -0.15) is 5.10 Å². The number of carbonyl (C=O) groups is 1. The zero-order valence-corrected chi connectivity index (χ0v) is 15.7. The van der Waals surface area contributed by atoms with Crippen molar-refractivity contribution in [3.05, 3.63) is 57.6 Å². The molecule has 0 bridgehead atoms. The van der Waals surface area contributed by atoms with Gasteiger partial charge in [-0.3, -0.25) is 0 Å². The molecule has 132 valence electrons. The van der Waals surface area contributed by atoms with Gasteiger partial charge in [-0.15, -0.1) is 0 Å². The summed E-state index contributed by atoms with van der Waals surface area (Å²) in [5.41, 5.74) is 10.1. The number of nitrogens with one attached hydrogen (secondary N) is 1. The van der Waals surface area contributed by atoms with Crippen LogP contribution in [0.1, 0.15) is 23.6 Å². The van der Waals surface area contributed by atoms with Gasteiger partial charge in [-0.1, -0.05) is 24.3 Å². The molecular weight excluding hydrogens is 386 g/mol. The highest BCUT2D eigenvalue weighted by Crippen LogP contribution is 2.37. The summed E-state index contributed by atoms with van der Waals surface area (Å²) >= 11 is 3.50. The van der Waals surface area contributed by atoms with E-state index in [4.69, 9.17) is 15.2 Å². The molecule has 0 radical (unpaired) electrons. The Kier molecular flexibility index (Phi) is 6.82. The third-order valence-electron chi connectivity index (χ3n) is 3.35. The van der Waals surface area contributed by atoms with Crippen molar-refractivity contribution in [3.8, 4) is 11.5 Å². The minimum atomic E-state index is -0.724. The quantitative estimate of drug-likeness (QED) is 0.543. The molecule has 0 saturated carbocycles. The van der Waals surface area contributed by atoms with Crippen molar-refractivity contribution in [1.29, 1.82) is 0 Å². The number of benzene rings is 2. The largest absolute Gasteiger partial charge is 0.490 e. The van der Waals surface area contributed by atoms with Crippen LogP contribution in [-0.2, 0) is 6.61 Å². The van der Waals surface area contributed by atoms with E-state index in [2.05, 4.69) is 26.5 Å². The van der Waals surface area contributed by atoms with Crippen molar-refractivity contribution in [1.82, 2.24) is 5.43 Å². The van der Waals surface area contributed by atoms with Crippen LogP contribution >= 0.6 is 15.9 Å². The standard InChI is InChI=1S/C18H20BrN3O3/c1-3-24-16-9-13(10-21-22-18(20)23)8-15(19)17(16)25-11-14-7-5-4-6-12(14)2/h4-10H,3,11H2,1-2H3,(H3,20,22,23)/b21-10-. The Hall–Kier alpha value is -2.54. The Morgan fingerprint density at radius 1 is 1.32 bits per heavy atom. The highest BCUT2D eigenvalue weighted by molar-refractivity contribution is 9.10. The molecule has 7 heteroatoms. The van der Waals surface area contributed by atoms with Gasteiger partial charge in [0.05, 0.1) is 17.3 Å². The second kappa shape index (κ2) is 9.08. The van der Waals surface area contributed by atoms with Crippen molar-refractivity contribution in [2.24, 2.45) is 10.8 Å². The van der Waals surface area contributed by atoms with E-state index < -0.39 is 6.03 Å². The number of primary amides is 1. The van der Waals surface area contributed by atoms with Gasteiger partial charge in [0.15, 0.2) is 11.5 Å². The van der Waals surface area contributed by atoms with Crippen LogP contribution < -0.4 is 20.6 Å². The van der Waals surface area contributed by atoms with Crippen LogP contribution in [0.3, 0.4) is 0 Å². The number of nitrogens with two attached hydrogens (primary N) is 1. The number of rotatable bonds is 7. The van der Waals surface area contributed by atoms with Gasteiger partial charge in [0.1, 0.15) is 6.61 Å². The number of ether oxygens (including phenoxy) is 2. The highest BCUT2D eigenvalue weighted by Gasteiger charge is 2.12. The molecule has 0 spiro atoms. The Labute approximate surface area is 155 Å². The predicted molar refractivity (Wildman–Crippen MR) is 101 cm³/mol. The first-order valence-electron chi connectivity index (χ1n) is 7.73. The maximum Gasteiger partial charge on any atom is 0.332 e. The van der Waals surface area contributed by atoms with Crippen molar-refractivity contribution >= 4 is 28.2 Å². The zero-order valence-electron chi connectivity index (χ0n) is 14.1. The van der Waals surface area contributed by atoms with Crippen LogP contribution in [0.2, 0.25) is 0 Å². The van der Waals surface area contributed by atoms with Crippen LogP contribution in [0.5, 0.6) is 11.5 Å². The lowest BCUT2D eigenvalue weighted by Crippen LogP contribution is -2.24. The summed E-state index contributed by atoms with van der Waals surface area (Å²) in [6.45, 7) is 4.87. The second-order valence-electron chi connectivity index (χ2n) is 5.21. The van der Waals surface area contributed by atoms with E-state index in [0.29, 0.717) is 24.7 Å². The summed E-state index contributed by atoms with van der Waals surface area (Å²) in [5.74, 6) is 1.20. The second-order valence-corrected chi connectivity index (χ2v) is 6.07. The topological polar surface area (TPSA) is 85.9 Å². The number of hydrogen-bond donors (Lipinski definition) is 2. The number of aryl methyl sites for hydroxylation is 1. The summed E-state index contributed by atoms with van der Waals surface area (Å²) in [6, 6.07) is 10.9. The minimum absolute atomic E-state index is 0.433. The fourth-order valence-corrected chi connectivity index (χ4v) is 2.73. The summed E-state index contributed by atoms with van der Waals surface area (Å²) in [5, 5.41) is 3.75. The normalized spacial score (nSPS) is 10.7. The lowest BCUT2D eigenvalue weighted by molar-refractivity contribution is 0.249. The van der Waals surface area contributed by atoms with Crippen LogP contribution in [0.15, 0.2) is 46.0 Å². The molecule has 6 nitrogen and oxygen atoms in total. The van der Waals surface area contributed by atoms with E-state index in [9.17, 15) is 4.79 Å². The fraction of sp³-hybridized carbons (Fsp3) is 0.222. The number of carbonyl (C=O) groups excluding carboxylic acids is 1. The maximum absolute atomic E-state index is 10.7. The molecule has 3 N–H and O–H groups in total. The first-order chi connectivity index (χ1) is 12.0. The highest BCUT2D eigenvalue weighted by atomic mass is 79.9. The molecule has 0 aliphatic rings. The van der Waals surface area contributed by atoms with Crippen molar-refractivity contribution < 1.29 is 14.3 Å². The van der Waals surface area contributed by atoms with Crippen LogP contribution in [0, 0.1) is 6.92 Å². The predicted octanol–water partition coefficient (Wildman–Crippen LogP) is 3.74. The van der Waals surface area contributed by atoms with Crippen LogP contribution in [0.25, 0.3) is 0 Å². The average molecular weight is 406 g/mol. The van der Waals surface area contributed by atoms with Gasteiger partial charge < -0.3 is 15.2 Å². The Morgan fingerprint density at radius 3 is 2.76 bits per heavy atom. The molecule has 0 fully saturated rings. The zero-order chi connectivity index (χ0) is 18.2. The Bertz CT molecular complexity index is 778. The Morgan fingerprint density at radius 2 is 2.08 bits per heavy atom. The average Bonchev–Trinajstić information content (AvgIpc) is 2.55. The lowest BCUT2D eigenvalue weighted by atomic mass is 10.1. The maximum atomic E-state index is 10.7. The van der Waals surface area contributed by atoms with Gasteiger partial charge in [0.2, 0.25) is 0 Å². The summed E-state index contributed by atoms with van der Waals surface area (Å²) < 4.78 is 12.4. The van der Waals surface area contributed by atoms with E-state index in [1.165, 1.54) is 6.21 Å². The SMILES string of the molecule is CCOc1cc(/C=N\NC(N)=O)cc(Br)c1OCc1ccccc1C. The molecule has 25 heavy (non-hydrogen) atoms. The fourth-order valence-electron chi connectivity index (χ4n) is 2.16. The number of urea groups is 1. The van der Waals surface area contributed by atoms with E-state index in [-0.39, 0.29) is 0 Å². The van der Waals surface area contributed by atoms with Crippen LogP contribution in [0.4, 0.5) is 4.79 Å². The molecular formula is C18H20BrN3O3. The van der Waals surface area contributed by atoms with Gasteiger partial charge in [0.25, 0.3) is 0 Å². The molecule has 0 aromatic heterocycles. The van der Waals surface area contributed by atoms with E-state index in [0.717, 1.165) is 21.2 Å². The molecule has 0 aliphatic carbocycles. The first kappa shape index (κ1) is 18.8.